The summed E-state index contributed by atoms with van der Waals surface area (Å²) >= 11 is 0. The van der Waals surface area contributed by atoms with Crippen molar-refractivity contribution in [2.24, 2.45) is 0 Å². The van der Waals surface area contributed by atoms with Gasteiger partial charge in [-0.15, -0.1) is 0 Å². The Kier molecular flexibility index (Phi) is 3.13. The molecule has 0 bridgehead atoms. The Hall–Kier alpha value is -2.75. The molecular formula is C16H12N2O2. The maximum atomic E-state index is 11.8. The van der Waals surface area contributed by atoms with Crippen molar-refractivity contribution in [3.8, 4) is 0 Å². The number of hydrogen-bond acceptors (Lipinski definition) is 3. The maximum Gasteiger partial charge on any atom is 0.251 e. The average molecular weight is 264 g/mol. The van der Waals surface area contributed by atoms with Crippen LogP contribution in [-0.2, 0) is 4.79 Å². The number of pyridine rings is 1. The predicted octanol–water partition coefficient (Wildman–Crippen LogP) is 2.32. The molecule has 1 N–H and O–H groups in total. The van der Waals surface area contributed by atoms with Gasteiger partial charge in [0.25, 0.3) is 5.91 Å². The smallest absolute Gasteiger partial charge is 0.251 e. The summed E-state index contributed by atoms with van der Waals surface area (Å²) in [6.07, 6.45) is 0.657. The fourth-order valence-electron chi connectivity index (χ4n) is 2.15. The molecule has 98 valence electrons. The van der Waals surface area contributed by atoms with E-state index in [2.05, 4.69) is 10.3 Å². The Labute approximate surface area is 115 Å². The molecule has 0 aliphatic heterocycles. The Morgan fingerprint density at radius 3 is 2.70 bits per heavy atom. The highest BCUT2D eigenvalue weighted by molar-refractivity contribution is 6.00. The van der Waals surface area contributed by atoms with Gasteiger partial charge < -0.3 is 10.1 Å². The van der Waals surface area contributed by atoms with Crippen LogP contribution in [0.4, 0.5) is 0 Å². The third-order valence-electron chi connectivity index (χ3n) is 3.13. The van der Waals surface area contributed by atoms with Gasteiger partial charge in [0.15, 0.2) is 0 Å². The van der Waals surface area contributed by atoms with Crippen molar-refractivity contribution in [3.05, 3.63) is 54.1 Å². The quantitative estimate of drug-likeness (QED) is 0.583. The first-order valence-electron chi connectivity index (χ1n) is 6.29. The molecular weight excluding hydrogens is 252 g/mol. The van der Waals surface area contributed by atoms with Crippen LogP contribution in [0.3, 0.4) is 0 Å². The molecule has 0 aliphatic rings. The first-order valence-corrected chi connectivity index (χ1v) is 6.29. The van der Waals surface area contributed by atoms with E-state index in [4.69, 9.17) is 0 Å². The first-order chi connectivity index (χ1) is 9.78. The number of fused-ring (bicyclic) bond motifs is 2. The van der Waals surface area contributed by atoms with E-state index in [1.165, 1.54) is 0 Å². The van der Waals surface area contributed by atoms with Crippen LogP contribution in [0, 0.1) is 0 Å². The van der Waals surface area contributed by atoms with Gasteiger partial charge in [-0.1, -0.05) is 24.3 Å². The third-order valence-corrected chi connectivity index (χ3v) is 3.13. The summed E-state index contributed by atoms with van der Waals surface area (Å²) < 4.78 is 0. The van der Waals surface area contributed by atoms with Gasteiger partial charge in [-0.25, -0.2) is 4.98 Å². The van der Waals surface area contributed by atoms with Crippen LogP contribution in [0.1, 0.15) is 10.4 Å². The van der Waals surface area contributed by atoms with Gasteiger partial charge in [-0.3, -0.25) is 4.79 Å². The molecule has 4 heteroatoms. The molecule has 0 unspecified atom stereocenters. The zero-order valence-electron chi connectivity index (χ0n) is 10.7. The lowest BCUT2D eigenvalue weighted by Gasteiger charge is -2.05. The van der Waals surface area contributed by atoms with Crippen molar-refractivity contribution in [2.75, 3.05) is 6.54 Å². The second kappa shape index (κ2) is 5.09. The fraction of sp³-hybridized carbons (Fsp3) is 0.0625. The summed E-state index contributed by atoms with van der Waals surface area (Å²) in [6.45, 7) is 0.0159. The minimum Gasteiger partial charge on any atom is -0.345 e. The van der Waals surface area contributed by atoms with E-state index in [0.717, 1.165) is 21.8 Å². The zero-order chi connectivity index (χ0) is 13.9. The Morgan fingerprint density at radius 2 is 1.85 bits per heavy atom. The van der Waals surface area contributed by atoms with Crippen molar-refractivity contribution in [2.45, 2.75) is 0 Å². The number of nitrogens with zero attached hydrogens (tertiary/aromatic N) is 1. The second-order valence-corrected chi connectivity index (χ2v) is 4.47. The van der Waals surface area contributed by atoms with E-state index in [1.807, 2.05) is 36.4 Å². The van der Waals surface area contributed by atoms with Gasteiger partial charge in [0, 0.05) is 16.3 Å². The van der Waals surface area contributed by atoms with E-state index in [-0.39, 0.29) is 12.5 Å². The number of hydrogen-bond donors (Lipinski definition) is 1. The molecule has 0 saturated carbocycles. The predicted molar refractivity (Wildman–Crippen MR) is 77.6 cm³/mol. The number of para-hydroxylation sites is 1. The topological polar surface area (TPSA) is 59.1 Å². The lowest BCUT2D eigenvalue weighted by atomic mass is 10.1. The highest BCUT2D eigenvalue weighted by Gasteiger charge is 2.07. The highest BCUT2D eigenvalue weighted by Crippen LogP contribution is 2.20. The van der Waals surface area contributed by atoms with Gasteiger partial charge in [0.1, 0.15) is 6.29 Å². The first kappa shape index (κ1) is 12.3. The van der Waals surface area contributed by atoms with Crippen LogP contribution in [0.25, 0.3) is 21.8 Å². The standard InChI is InChI=1S/C16H12N2O2/c19-8-7-17-16(20)13-6-5-12-9-11-3-1-2-4-14(11)18-15(12)10-13/h1-6,8-10H,7H2,(H,17,20). The molecule has 0 aliphatic carbocycles. The summed E-state index contributed by atoms with van der Waals surface area (Å²) in [5.41, 5.74) is 2.16. The largest absolute Gasteiger partial charge is 0.345 e. The van der Waals surface area contributed by atoms with Gasteiger partial charge in [0.05, 0.1) is 17.6 Å². The molecule has 0 atom stereocenters. The number of benzene rings is 2. The number of rotatable bonds is 3. The summed E-state index contributed by atoms with van der Waals surface area (Å²) in [6, 6.07) is 15.2. The number of nitrogens with one attached hydrogen (secondary N) is 1. The minimum absolute atomic E-state index is 0.0159. The van der Waals surface area contributed by atoms with Crippen molar-refractivity contribution in [1.82, 2.24) is 10.3 Å². The zero-order valence-corrected chi connectivity index (χ0v) is 10.7. The molecule has 3 rings (SSSR count). The lowest BCUT2D eigenvalue weighted by molar-refractivity contribution is -0.107. The van der Waals surface area contributed by atoms with Crippen molar-refractivity contribution in [3.63, 3.8) is 0 Å². The number of carbonyl (C=O) groups excluding carboxylic acids is 2. The normalized spacial score (nSPS) is 10.6. The Morgan fingerprint density at radius 1 is 1.05 bits per heavy atom. The van der Waals surface area contributed by atoms with Crippen molar-refractivity contribution >= 4 is 34.0 Å². The maximum absolute atomic E-state index is 11.8. The molecule has 1 aromatic heterocycles. The minimum atomic E-state index is -0.269. The molecule has 1 heterocycles. The van der Waals surface area contributed by atoms with E-state index in [0.29, 0.717) is 11.8 Å². The lowest BCUT2D eigenvalue weighted by Crippen LogP contribution is -2.24. The highest BCUT2D eigenvalue weighted by atomic mass is 16.2. The Balaban J connectivity index is 2.08. The number of aromatic nitrogens is 1. The molecule has 1 amide bonds. The van der Waals surface area contributed by atoms with Gasteiger partial charge in [-0.05, 0) is 24.3 Å². The average Bonchev–Trinajstić information content (AvgIpc) is 2.50. The van der Waals surface area contributed by atoms with E-state index in [1.54, 1.807) is 12.1 Å². The third kappa shape index (κ3) is 2.23. The van der Waals surface area contributed by atoms with Crippen LogP contribution >= 0.6 is 0 Å². The molecule has 4 nitrogen and oxygen atoms in total. The number of amides is 1. The van der Waals surface area contributed by atoms with Gasteiger partial charge in [-0.2, -0.15) is 0 Å². The van der Waals surface area contributed by atoms with E-state index >= 15 is 0 Å². The molecule has 0 saturated heterocycles. The molecule has 20 heavy (non-hydrogen) atoms. The number of carbonyl (C=O) groups is 2. The molecule has 0 fully saturated rings. The summed E-state index contributed by atoms with van der Waals surface area (Å²) in [4.78, 5) is 26.6. The van der Waals surface area contributed by atoms with Crippen LogP contribution in [0.2, 0.25) is 0 Å². The summed E-state index contributed by atoms with van der Waals surface area (Å²) in [5, 5.41) is 4.57. The van der Waals surface area contributed by atoms with E-state index in [9.17, 15) is 9.59 Å². The van der Waals surface area contributed by atoms with Crippen molar-refractivity contribution in [1.29, 1.82) is 0 Å². The van der Waals surface area contributed by atoms with Crippen LogP contribution in [0.5, 0.6) is 0 Å². The van der Waals surface area contributed by atoms with Crippen LogP contribution in [-0.4, -0.2) is 23.7 Å². The van der Waals surface area contributed by atoms with Crippen LogP contribution in [0.15, 0.2) is 48.5 Å². The molecule has 0 radical (unpaired) electrons. The number of aldehydes is 1. The summed E-state index contributed by atoms with van der Waals surface area (Å²) in [7, 11) is 0. The van der Waals surface area contributed by atoms with Gasteiger partial charge in [0.2, 0.25) is 0 Å². The monoisotopic (exact) mass is 264 g/mol. The summed E-state index contributed by atoms with van der Waals surface area (Å²) in [5.74, 6) is -0.269. The van der Waals surface area contributed by atoms with E-state index < -0.39 is 0 Å². The van der Waals surface area contributed by atoms with Crippen LogP contribution < -0.4 is 5.32 Å². The Bertz CT molecular complexity index is 812. The van der Waals surface area contributed by atoms with Gasteiger partial charge >= 0.3 is 0 Å². The van der Waals surface area contributed by atoms with Crippen molar-refractivity contribution < 1.29 is 9.59 Å². The fourth-order valence-corrected chi connectivity index (χ4v) is 2.15. The molecule has 0 spiro atoms. The SMILES string of the molecule is O=CCNC(=O)c1ccc2cc3ccccc3nc2c1. The molecule has 2 aromatic carbocycles. The second-order valence-electron chi connectivity index (χ2n) is 4.47. The molecule has 3 aromatic rings.